The molecule has 0 N–H and O–H groups in total. The monoisotopic (exact) mass is 316 g/mol. The third kappa shape index (κ3) is 3.06. The van der Waals surface area contributed by atoms with Crippen LogP contribution in [0.4, 0.5) is 0 Å². The number of ether oxygens (including phenoxy) is 2. The predicted molar refractivity (Wildman–Crippen MR) is 94.0 cm³/mol. The van der Waals surface area contributed by atoms with Crippen LogP contribution in [-0.4, -0.2) is 19.2 Å². The van der Waals surface area contributed by atoms with Gasteiger partial charge in [-0.3, -0.25) is 0 Å². The molecule has 0 bridgehead atoms. The lowest BCUT2D eigenvalue weighted by atomic mass is 10.0. The molecule has 118 valence electrons. The molecule has 0 atom stereocenters. The van der Waals surface area contributed by atoms with Crippen molar-refractivity contribution in [2.24, 2.45) is 0 Å². The molecular weight excluding hydrogens is 300 g/mol. The number of rotatable bonds is 4. The molecule has 0 aliphatic carbocycles. The van der Waals surface area contributed by atoms with Crippen LogP contribution in [0.1, 0.15) is 11.3 Å². The number of aromatic nitrogens is 1. The Morgan fingerprint density at radius 1 is 1.00 bits per heavy atom. The number of pyridine rings is 1. The van der Waals surface area contributed by atoms with Gasteiger partial charge in [-0.05, 0) is 29.8 Å². The van der Waals surface area contributed by atoms with Crippen LogP contribution in [-0.2, 0) is 0 Å². The number of nitrogens with zero attached hydrogens (tertiary/aromatic N) is 2. The molecule has 1 aromatic heterocycles. The second-order valence-electron chi connectivity index (χ2n) is 5.18. The van der Waals surface area contributed by atoms with Crippen LogP contribution in [0.5, 0.6) is 11.5 Å². The van der Waals surface area contributed by atoms with Crippen molar-refractivity contribution in [2.45, 2.75) is 0 Å². The van der Waals surface area contributed by atoms with Crippen LogP contribution in [0.3, 0.4) is 0 Å². The lowest BCUT2D eigenvalue weighted by Crippen LogP contribution is -1.95. The quantitative estimate of drug-likeness (QED) is 0.677. The second-order valence-corrected chi connectivity index (χ2v) is 5.18. The molecule has 1 heterocycles. The highest BCUT2D eigenvalue weighted by atomic mass is 16.5. The molecule has 0 aliphatic rings. The van der Waals surface area contributed by atoms with Crippen LogP contribution >= 0.6 is 0 Å². The molecule has 0 spiro atoms. The molecule has 0 fully saturated rings. The summed E-state index contributed by atoms with van der Waals surface area (Å²) in [6, 6.07) is 19.4. The zero-order chi connectivity index (χ0) is 16.9. The molecule has 0 saturated heterocycles. The van der Waals surface area contributed by atoms with Gasteiger partial charge < -0.3 is 9.47 Å². The first kappa shape index (κ1) is 15.6. The molecule has 4 nitrogen and oxygen atoms in total. The van der Waals surface area contributed by atoms with E-state index < -0.39 is 0 Å². The largest absolute Gasteiger partial charge is 0.497 e. The molecule has 3 rings (SSSR count). The molecule has 24 heavy (non-hydrogen) atoms. The summed E-state index contributed by atoms with van der Waals surface area (Å²) in [7, 11) is 3.20. The molecule has 3 aromatic rings. The summed E-state index contributed by atoms with van der Waals surface area (Å²) < 4.78 is 10.6. The number of allylic oxidation sites excluding steroid dienone is 1. The maximum absolute atomic E-state index is 9.21. The molecule has 4 heteroatoms. The van der Waals surface area contributed by atoms with E-state index in [1.807, 2.05) is 48.5 Å². The average Bonchev–Trinajstić information content (AvgIpc) is 2.65. The highest BCUT2D eigenvalue weighted by molar-refractivity contribution is 5.85. The number of methoxy groups -OCH3 is 2. The summed E-state index contributed by atoms with van der Waals surface area (Å²) in [5, 5.41) is 10.3. The SMILES string of the molecule is COc1cc(OC)cc(C(=CC#N)c2ccc3ccccc3n2)c1. The van der Waals surface area contributed by atoms with Crippen molar-refractivity contribution < 1.29 is 9.47 Å². The fraction of sp³-hybridized carbons (Fsp3) is 0.100. The van der Waals surface area contributed by atoms with Crippen LogP contribution in [0.25, 0.3) is 16.5 Å². The summed E-state index contributed by atoms with van der Waals surface area (Å²) in [4.78, 5) is 4.68. The van der Waals surface area contributed by atoms with Crippen molar-refractivity contribution in [2.75, 3.05) is 14.2 Å². The zero-order valence-corrected chi connectivity index (χ0v) is 13.5. The lowest BCUT2D eigenvalue weighted by molar-refractivity contribution is 0.394. The minimum atomic E-state index is 0.661. The summed E-state index contributed by atoms with van der Waals surface area (Å²) in [5.74, 6) is 1.32. The standard InChI is InChI=1S/C20H16N2O2/c1-23-16-11-15(12-17(13-16)24-2)18(9-10-21)20-8-7-14-5-3-4-6-19(14)22-20/h3-9,11-13H,1-2H3. The van der Waals surface area contributed by atoms with Crippen LogP contribution in [0, 0.1) is 11.3 Å². The number of benzene rings is 2. The van der Waals surface area contributed by atoms with Crippen LogP contribution < -0.4 is 9.47 Å². The van der Waals surface area contributed by atoms with E-state index in [4.69, 9.17) is 9.47 Å². The first-order valence-electron chi connectivity index (χ1n) is 7.44. The molecule has 0 aliphatic heterocycles. The van der Waals surface area contributed by atoms with E-state index >= 15 is 0 Å². The Kier molecular flexibility index (Phi) is 4.44. The first-order chi connectivity index (χ1) is 11.7. The summed E-state index contributed by atoms with van der Waals surface area (Å²) in [6.45, 7) is 0. The van der Waals surface area contributed by atoms with E-state index in [1.165, 1.54) is 6.08 Å². The van der Waals surface area contributed by atoms with Crippen molar-refractivity contribution in [3.8, 4) is 17.6 Å². The second kappa shape index (κ2) is 6.84. The molecule has 2 aromatic carbocycles. The number of hydrogen-bond donors (Lipinski definition) is 0. The number of fused-ring (bicyclic) bond motifs is 1. The minimum absolute atomic E-state index is 0.661. The van der Waals surface area contributed by atoms with Crippen molar-refractivity contribution >= 4 is 16.5 Å². The Morgan fingerprint density at radius 2 is 1.71 bits per heavy atom. The molecule has 0 radical (unpaired) electrons. The third-order valence-corrected chi connectivity index (χ3v) is 3.75. The number of nitriles is 1. The van der Waals surface area contributed by atoms with E-state index in [1.54, 1.807) is 20.3 Å². The summed E-state index contributed by atoms with van der Waals surface area (Å²) in [6.07, 6.45) is 1.49. The number of para-hydroxylation sites is 1. The van der Waals surface area contributed by atoms with Gasteiger partial charge in [-0.1, -0.05) is 24.3 Å². The Balaban J connectivity index is 2.16. The highest BCUT2D eigenvalue weighted by Gasteiger charge is 2.11. The third-order valence-electron chi connectivity index (χ3n) is 3.75. The van der Waals surface area contributed by atoms with Crippen molar-refractivity contribution in [3.05, 3.63) is 71.9 Å². The van der Waals surface area contributed by atoms with Gasteiger partial charge in [0.15, 0.2) is 0 Å². The van der Waals surface area contributed by atoms with E-state index in [0.29, 0.717) is 11.5 Å². The smallest absolute Gasteiger partial charge is 0.123 e. The van der Waals surface area contributed by atoms with Gasteiger partial charge in [0.05, 0.1) is 31.5 Å². The summed E-state index contributed by atoms with van der Waals surface area (Å²) >= 11 is 0. The van der Waals surface area contributed by atoms with E-state index in [0.717, 1.165) is 27.7 Å². The van der Waals surface area contributed by atoms with Gasteiger partial charge in [0.2, 0.25) is 0 Å². The zero-order valence-electron chi connectivity index (χ0n) is 13.5. The van der Waals surface area contributed by atoms with Crippen LogP contribution in [0.2, 0.25) is 0 Å². The highest BCUT2D eigenvalue weighted by Crippen LogP contribution is 2.30. The fourth-order valence-electron chi connectivity index (χ4n) is 2.55. The van der Waals surface area contributed by atoms with Crippen LogP contribution in [0.15, 0.2) is 60.7 Å². The predicted octanol–water partition coefficient (Wildman–Crippen LogP) is 4.21. The van der Waals surface area contributed by atoms with Gasteiger partial charge in [0.1, 0.15) is 11.5 Å². The van der Waals surface area contributed by atoms with E-state index in [-0.39, 0.29) is 0 Å². The Morgan fingerprint density at radius 3 is 2.38 bits per heavy atom. The Labute approximate surface area is 140 Å². The Hall–Kier alpha value is -3.32. The molecule has 0 saturated carbocycles. The average molecular weight is 316 g/mol. The maximum atomic E-state index is 9.21. The van der Waals surface area contributed by atoms with E-state index in [2.05, 4.69) is 11.1 Å². The van der Waals surface area contributed by atoms with Gasteiger partial charge in [0, 0.05) is 23.1 Å². The van der Waals surface area contributed by atoms with Gasteiger partial charge >= 0.3 is 0 Å². The van der Waals surface area contributed by atoms with Gasteiger partial charge in [-0.15, -0.1) is 0 Å². The van der Waals surface area contributed by atoms with Gasteiger partial charge in [-0.2, -0.15) is 5.26 Å². The topological polar surface area (TPSA) is 55.1 Å². The fourth-order valence-corrected chi connectivity index (χ4v) is 2.55. The van der Waals surface area contributed by atoms with E-state index in [9.17, 15) is 5.26 Å². The Bertz CT molecular complexity index is 933. The maximum Gasteiger partial charge on any atom is 0.123 e. The van der Waals surface area contributed by atoms with Gasteiger partial charge in [-0.25, -0.2) is 4.98 Å². The summed E-state index contributed by atoms with van der Waals surface area (Å²) in [5.41, 5.74) is 3.15. The van der Waals surface area contributed by atoms with Gasteiger partial charge in [0.25, 0.3) is 0 Å². The molecule has 0 unspecified atom stereocenters. The molecular formula is C20H16N2O2. The first-order valence-corrected chi connectivity index (χ1v) is 7.44. The van der Waals surface area contributed by atoms with Crippen molar-refractivity contribution in [1.82, 2.24) is 4.98 Å². The lowest BCUT2D eigenvalue weighted by Gasteiger charge is -2.11. The normalized spacial score (nSPS) is 11.1. The molecule has 0 amide bonds. The minimum Gasteiger partial charge on any atom is -0.497 e. The van der Waals surface area contributed by atoms with Crippen molar-refractivity contribution in [3.63, 3.8) is 0 Å². The van der Waals surface area contributed by atoms with Crippen molar-refractivity contribution in [1.29, 1.82) is 5.26 Å². The number of hydrogen-bond acceptors (Lipinski definition) is 4.